The molecule has 0 radical (unpaired) electrons. The van der Waals surface area contributed by atoms with Crippen LogP contribution in [0.25, 0.3) is 0 Å². The van der Waals surface area contributed by atoms with Crippen LogP contribution in [0.5, 0.6) is 5.75 Å². The van der Waals surface area contributed by atoms with E-state index in [2.05, 4.69) is 4.74 Å². The van der Waals surface area contributed by atoms with E-state index in [9.17, 15) is 49.1 Å². The molecule has 0 aliphatic carbocycles. The van der Waals surface area contributed by atoms with Gasteiger partial charge in [0.25, 0.3) is 0 Å². The first-order valence-corrected chi connectivity index (χ1v) is 27.1. The number of benzene rings is 4. The van der Waals surface area contributed by atoms with Gasteiger partial charge in [-0.1, -0.05) is 103 Å². The minimum Gasteiger partial charge on any atom is -0.508 e. The van der Waals surface area contributed by atoms with Gasteiger partial charge in [-0.2, -0.15) is 0 Å². The number of aromatic hydroxyl groups is 1. The van der Waals surface area contributed by atoms with Crippen LogP contribution in [-0.2, 0) is 38.1 Å². The zero-order valence-corrected chi connectivity index (χ0v) is 49.8. The molecule has 0 aliphatic heterocycles. The molecule has 0 unspecified atom stereocenters. The second-order valence-corrected chi connectivity index (χ2v) is 21.2. The van der Waals surface area contributed by atoms with E-state index in [1.54, 1.807) is 25.1 Å². The normalized spacial score (nSPS) is 12.3. The third kappa shape index (κ3) is 46.9. The predicted molar refractivity (Wildman–Crippen MR) is 311 cm³/mol. The summed E-state index contributed by atoms with van der Waals surface area (Å²) in [5.74, 6) is -0.747. The number of rotatable bonds is 19. The SMILES string of the molecule is CC(C)(C)OC(=O)CCC[C@@H](O)c1cccc(O)c1.CC(C)(C)OC(=O)CCC[C@@H](O)c1ccccc1.CCOC(C)=O.Cc1cccc([C@H](O)CCCC(=O)OC(C)(C)C)c1.ClCCl.NCC[C@@H](O)c1ccccc1.[2H]CF. The zero-order chi connectivity index (χ0) is 61.0. The van der Waals surface area contributed by atoms with Gasteiger partial charge in [-0.05, 0) is 162 Å². The molecular weight excluding hydrogens is 1040 g/mol. The summed E-state index contributed by atoms with van der Waals surface area (Å²) < 4.78 is 35.5. The summed E-state index contributed by atoms with van der Waals surface area (Å²) in [6.45, 7) is 22.8. The summed E-state index contributed by atoms with van der Waals surface area (Å²) in [6, 6.07) is 33.4. The van der Waals surface area contributed by atoms with Crippen LogP contribution in [0.1, 0.15) is 194 Å². The number of ether oxygens (including phenoxy) is 4. The number of halogens is 3. The molecule has 0 saturated heterocycles. The van der Waals surface area contributed by atoms with Crippen molar-refractivity contribution in [1.82, 2.24) is 0 Å². The molecule has 4 rings (SSSR count). The van der Waals surface area contributed by atoms with Gasteiger partial charge >= 0.3 is 23.9 Å². The van der Waals surface area contributed by atoms with Crippen LogP contribution >= 0.6 is 23.2 Å². The number of nitrogens with two attached hydrogens (primary N) is 1. The van der Waals surface area contributed by atoms with Crippen LogP contribution in [0.15, 0.2) is 109 Å². The molecule has 14 nitrogen and oxygen atoms in total. The number of carbonyl (C=O) groups excluding carboxylic acids is 4. The first-order chi connectivity index (χ1) is 36.9. The number of carbonyl (C=O) groups is 4. The summed E-state index contributed by atoms with van der Waals surface area (Å²) in [6.07, 6.45) is 2.93. The maximum atomic E-state index is 11.5. The van der Waals surface area contributed by atoms with Crippen molar-refractivity contribution in [3.05, 3.63) is 137 Å². The summed E-state index contributed by atoms with van der Waals surface area (Å²) in [5, 5.41) is 48.8. The van der Waals surface area contributed by atoms with Gasteiger partial charge in [-0.15, -0.1) is 23.2 Å². The number of hydrogen-bond donors (Lipinski definition) is 6. The molecule has 78 heavy (non-hydrogen) atoms. The van der Waals surface area contributed by atoms with E-state index >= 15 is 0 Å². The number of aliphatic hydroxyl groups is 4. The van der Waals surface area contributed by atoms with Crippen LogP contribution in [0.3, 0.4) is 0 Å². The fourth-order valence-electron chi connectivity index (χ4n) is 6.48. The van der Waals surface area contributed by atoms with Crippen molar-refractivity contribution in [2.24, 2.45) is 5.73 Å². The Morgan fingerprint density at radius 3 is 1.15 bits per heavy atom. The molecule has 0 aliphatic rings. The Balaban J connectivity index is -0.000000921. The molecule has 4 aromatic rings. The van der Waals surface area contributed by atoms with Crippen molar-refractivity contribution in [2.75, 3.05) is 25.6 Å². The lowest BCUT2D eigenvalue weighted by Gasteiger charge is -2.19. The lowest BCUT2D eigenvalue weighted by molar-refractivity contribution is -0.156. The Morgan fingerprint density at radius 1 is 0.564 bits per heavy atom. The molecule has 0 fully saturated rings. The van der Waals surface area contributed by atoms with Crippen molar-refractivity contribution in [1.29, 1.82) is 0 Å². The lowest BCUT2D eigenvalue weighted by atomic mass is 10.0. The van der Waals surface area contributed by atoms with Gasteiger partial charge in [0, 0.05) is 26.2 Å². The van der Waals surface area contributed by atoms with Gasteiger partial charge in [0.05, 0.1) is 44.9 Å². The van der Waals surface area contributed by atoms with E-state index in [1.807, 2.05) is 154 Å². The van der Waals surface area contributed by atoms with Crippen molar-refractivity contribution in [3.63, 3.8) is 0 Å². The highest BCUT2D eigenvalue weighted by molar-refractivity contribution is 6.40. The van der Waals surface area contributed by atoms with Gasteiger partial charge in [-0.25, -0.2) is 0 Å². The highest BCUT2D eigenvalue weighted by Gasteiger charge is 2.19. The number of alkyl halides is 3. The molecule has 4 aromatic carbocycles. The molecule has 0 spiro atoms. The molecule has 0 amide bonds. The molecule has 0 heterocycles. The van der Waals surface area contributed by atoms with E-state index in [4.69, 9.17) is 44.5 Å². The molecule has 442 valence electrons. The second-order valence-electron chi connectivity index (χ2n) is 20.4. The number of phenols is 1. The Hall–Kier alpha value is -5.13. The first-order valence-electron chi connectivity index (χ1n) is 26.7. The molecule has 0 aromatic heterocycles. The van der Waals surface area contributed by atoms with E-state index in [0.29, 0.717) is 76.5 Å². The minimum atomic E-state index is -1.00. The molecule has 0 bridgehead atoms. The predicted octanol–water partition coefficient (Wildman–Crippen LogP) is 13.4. The summed E-state index contributed by atoms with van der Waals surface area (Å²) in [7, 11) is -1.00. The van der Waals surface area contributed by atoms with Gasteiger partial charge < -0.3 is 50.2 Å². The Bertz CT molecular complexity index is 2090. The van der Waals surface area contributed by atoms with Crippen molar-refractivity contribution >= 4 is 47.1 Å². The summed E-state index contributed by atoms with van der Waals surface area (Å²) >= 11 is 9.53. The number of aliphatic hydroxyl groups excluding tert-OH is 4. The number of phenolic OH excluding ortho intramolecular Hbond substituents is 1. The zero-order valence-electron chi connectivity index (χ0n) is 49.3. The van der Waals surface area contributed by atoms with Crippen molar-refractivity contribution in [2.45, 2.75) is 189 Å². The molecule has 17 heteroatoms. The van der Waals surface area contributed by atoms with Crippen LogP contribution in [0, 0.1) is 6.92 Å². The standard InChI is InChI=1S/C16H24O3.C15H22O4.C15H22O3.C9H13NO.C4H8O2.CH2Cl2.CH3F/c1-12-7-5-8-13(11-12)14(17)9-6-10-15(18)19-16(2,3)4;1-15(2,3)19-14(18)9-5-8-13(17)11-6-4-7-12(16)10-11;1-15(2,3)18-14(17)11-7-10-13(16)12-8-5-4-6-9-12;10-7-6-9(11)8-4-2-1-3-5-8;1-3-6-4(2)5;2-1-3;1-2/h5,7-8,11,14,17H,6,9-10H2,1-4H3;4,6-7,10,13,16-17H,5,8-9H2,1-3H3;4-6,8-9,13,16H,7,10-11H2,1-3H3;1-5,9,11H,6-7,10H2;3H2,1-2H3;1H2;1H3/t14-;2*13-;9-;;;/m1111.../s1/i;;;;;;1D. The first kappa shape index (κ1) is 74.9. The van der Waals surface area contributed by atoms with E-state index in [0.717, 1.165) is 22.3 Å². The maximum Gasteiger partial charge on any atom is 0.306 e. The Kier molecular flexibility index (Phi) is 42.9. The maximum absolute atomic E-state index is 11.5. The average molecular weight is 1140 g/mol. The second kappa shape index (κ2) is 44.7. The molecule has 4 atom stereocenters. The van der Waals surface area contributed by atoms with Crippen LogP contribution in [0.4, 0.5) is 4.39 Å². The highest BCUT2D eigenvalue weighted by Crippen LogP contribution is 2.24. The van der Waals surface area contributed by atoms with Crippen molar-refractivity contribution < 1.29 is 69.4 Å². The van der Waals surface area contributed by atoms with Crippen LogP contribution in [-0.4, -0.2) is 91.9 Å². The third-order valence-corrected chi connectivity index (χ3v) is 9.67. The number of aryl methyl sites for hydroxylation is 1. The topological polar surface area (TPSA) is 232 Å². The van der Waals surface area contributed by atoms with E-state index in [-0.39, 0.29) is 41.4 Å². The van der Waals surface area contributed by atoms with E-state index in [1.165, 1.54) is 13.0 Å². The summed E-state index contributed by atoms with van der Waals surface area (Å²) in [4.78, 5) is 44.3. The number of hydrogen-bond acceptors (Lipinski definition) is 14. The smallest absolute Gasteiger partial charge is 0.306 e. The minimum absolute atomic E-state index is 0.128. The lowest BCUT2D eigenvalue weighted by Crippen LogP contribution is -2.23. The molecular formula is C61H94Cl2FNO13. The fourth-order valence-corrected chi connectivity index (χ4v) is 6.48. The monoisotopic (exact) mass is 1140 g/mol. The molecule has 7 N–H and O–H groups in total. The van der Waals surface area contributed by atoms with Crippen molar-refractivity contribution in [3.8, 4) is 5.75 Å². The van der Waals surface area contributed by atoms with Gasteiger partial charge in [0.1, 0.15) is 22.6 Å². The van der Waals surface area contributed by atoms with Gasteiger partial charge in [0.2, 0.25) is 0 Å². The summed E-state index contributed by atoms with van der Waals surface area (Å²) in [5.41, 5.74) is 8.49. The van der Waals surface area contributed by atoms with Gasteiger partial charge in [-0.3, -0.25) is 23.6 Å². The van der Waals surface area contributed by atoms with E-state index < -0.39 is 48.4 Å². The number of esters is 4. The highest BCUT2D eigenvalue weighted by atomic mass is 35.5. The Morgan fingerprint density at radius 2 is 0.872 bits per heavy atom. The van der Waals surface area contributed by atoms with Crippen LogP contribution in [0.2, 0.25) is 0 Å². The fraction of sp³-hybridized carbons (Fsp3) is 0.541. The average Bonchev–Trinajstić information content (AvgIpc) is 3.34. The largest absolute Gasteiger partial charge is 0.508 e. The van der Waals surface area contributed by atoms with Crippen LogP contribution < -0.4 is 5.73 Å². The Labute approximate surface area is 477 Å². The van der Waals surface area contributed by atoms with Gasteiger partial charge in [0.15, 0.2) is 0 Å². The quantitative estimate of drug-likeness (QED) is 0.0291. The third-order valence-electron chi connectivity index (χ3n) is 9.67. The molecule has 0 saturated carbocycles.